The van der Waals surface area contributed by atoms with E-state index in [9.17, 15) is 5.11 Å². The molecule has 100 valence electrons. The number of rotatable bonds is 1. The van der Waals surface area contributed by atoms with E-state index in [1.54, 1.807) is 0 Å². The molecule has 4 heteroatoms. The summed E-state index contributed by atoms with van der Waals surface area (Å²) in [5.41, 5.74) is 2.23. The third-order valence-electron chi connectivity index (χ3n) is 4.87. The van der Waals surface area contributed by atoms with Gasteiger partial charge in [-0.3, -0.25) is 0 Å². The number of imidazole rings is 1. The fourth-order valence-electron chi connectivity index (χ4n) is 3.82. The lowest BCUT2D eigenvalue weighted by Gasteiger charge is -2.19. The van der Waals surface area contributed by atoms with Crippen LogP contribution in [0.2, 0.25) is 0 Å². The molecule has 0 radical (unpaired) electrons. The summed E-state index contributed by atoms with van der Waals surface area (Å²) in [7, 11) is 2.08. The minimum atomic E-state index is -0.107. The van der Waals surface area contributed by atoms with Gasteiger partial charge < -0.3 is 14.6 Å². The number of nitrogens with zero attached hydrogens (tertiary/aromatic N) is 3. The number of para-hydroxylation sites is 2. The Hall–Kier alpha value is -1.55. The van der Waals surface area contributed by atoms with Crippen molar-refractivity contribution in [2.45, 2.75) is 18.9 Å². The molecule has 19 heavy (non-hydrogen) atoms. The van der Waals surface area contributed by atoms with Crippen LogP contribution >= 0.6 is 0 Å². The van der Waals surface area contributed by atoms with Crippen molar-refractivity contribution >= 4 is 17.0 Å². The van der Waals surface area contributed by atoms with Crippen LogP contribution in [-0.4, -0.2) is 33.9 Å². The molecule has 1 saturated carbocycles. The van der Waals surface area contributed by atoms with Gasteiger partial charge in [-0.15, -0.1) is 0 Å². The molecule has 2 heterocycles. The Morgan fingerprint density at radius 3 is 2.84 bits per heavy atom. The van der Waals surface area contributed by atoms with Crippen LogP contribution in [0.25, 0.3) is 11.0 Å². The molecule has 1 N–H and O–H groups in total. The van der Waals surface area contributed by atoms with Crippen LogP contribution in [0.3, 0.4) is 0 Å². The van der Waals surface area contributed by atoms with Crippen LogP contribution in [-0.2, 0) is 7.05 Å². The fraction of sp³-hybridized carbons (Fsp3) is 0.533. The van der Waals surface area contributed by atoms with Gasteiger partial charge in [0.2, 0.25) is 5.95 Å². The van der Waals surface area contributed by atoms with E-state index in [4.69, 9.17) is 4.98 Å². The number of aliphatic hydroxyl groups excluding tert-OH is 1. The molecule has 0 bridgehead atoms. The average Bonchev–Trinajstić information content (AvgIpc) is 3.06. The van der Waals surface area contributed by atoms with Gasteiger partial charge in [-0.1, -0.05) is 12.1 Å². The van der Waals surface area contributed by atoms with Gasteiger partial charge in [-0.05, 0) is 30.9 Å². The Morgan fingerprint density at radius 2 is 2.05 bits per heavy atom. The van der Waals surface area contributed by atoms with Gasteiger partial charge >= 0.3 is 0 Å². The quantitative estimate of drug-likeness (QED) is 0.846. The lowest BCUT2D eigenvalue weighted by atomic mass is 10.00. The molecular weight excluding hydrogens is 238 g/mol. The first-order valence-electron chi connectivity index (χ1n) is 7.08. The molecule has 1 aliphatic carbocycles. The van der Waals surface area contributed by atoms with Crippen LogP contribution in [0.1, 0.15) is 12.8 Å². The number of anilines is 1. The Morgan fingerprint density at radius 1 is 1.21 bits per heavy atom. The number of fused-ring (bicyclic) bond motifs is 2. The lowest BCUT2D eigenvalue weighted by Crippen LogP contribution is -2.26. The Balaban J connectivity index is 1.70. The summed E-state index contributed by atoms with van der Waals surface area (Å²) in [6.45, 7) is 1.99. The number of aryl methyl sites for hydroxylation is 1. The molecule has 4 nitrogen and oxygen atoms in total. The Labute approximate surface area is 112 Å². The minimum absolute atomic E-state index is 0.107. The van der Waals surface area contributed by atoms with Crippen molar-refractivity contribution in [3.05, 3.63) is 24.3 Å². The van der Waals surface area contributed by atoms with Crippen LogP contribution in [0.15, 0.2) is 24.3 Å². The molecule has 0 amide bonds. The molecule has 0 spiro atoms. The van der Waals surface area contributed by atoms with Crippen molar-refractivity contribution in [2.75, 3.05) is 18.0 Å². The zero-order valence-corrected chi connectivity index (χ0v) is 11.2. The molecule has 1 aliphatic heterocycles. The predicted octanol–water partition coefficient (Wildman–Crippen LogP) is 1.78. The van der Waals surface area contributed by atoms with Crippen molar-refractivity contribution < 1.29 is 5.11 Å². The van der Waals surface area contributed by atoms with E-state index in [2.05, 4.69) is 34.7 Å². The second-order valence-electron chi connectivity index (χ2n) is 5.93. The molecule has 1 aromatic heterocycles. The minimum Gasteiger partial charge on any atom is -0.393 e. The van der Waals surface area contributed by atoms with Gasteiger partial charge in [-0.25, -0.2) is 4.98 Å². The molecule has 1 aromatic carbocycles. The van der Waals surface area contributed by atoms with Crippen LogP contribution in [0.4, 0.5) is 5.95 Å². The zero-order valence-electron chi connectivity index (χ0n) is 11.2. The number of benzene rings is 1. The number of aliphatic hydroxyl groups is 1. The van der Waals surface area contributed by atoms with Crippen molar-refractivity contribution in [2.24, 2.45) is 18.9 Å². The second-order valence-corrected chi connectivity index (χ2v) is 5.93. The molecule has 4 rings (SSSR count). The van der Waals surface area contributed by atoms with E-state index in [-0.39, 0.29) is 6.10 Å². The number of aromatic nitrogens is 2. The number of hydrogen-bond donors (Lipinski definition) is 1. The molecule has 2 fully saturated rings. The molecule has 2 aliphatic rings. The van der Waals surface area contributed by atoms with Gasteiger partial charge in [0.15, 0.2) is 0 Å². The summed E-state index contributed by atoms with van der Waals surface area (Å²) >= 11 is 0. The molecule has 1 saturated heterocycles. The van der Waals surface area contributed by atoms with Gasteiger partial charge in [0.25, 0.3) is 0 Å². The highest BCUT2D eigenvalue weighted by molar-refractivity contribution is 5.78. The second kappa shape index (κ2) is 3.97. The SMILES string of the molecule is Cn1c(N2CC3CCC(O)C3C2)nc2ccccc21. The monoisotopic (exact) mass is 257 g/mol. The van der Waals surface area contributed by atoms with E-state index in [1.807, 2.05) is 6.07 Å². The van der Waals surface area contributed by atoms with E-state index in [0.29, 0.717) is 11.8 Å². The van der Waals surface area contributed by atoms with E-state index in [1.165, 1.54) is 5.52 Å². The smallest absolute Gasteiger partial charge is 0.206 e. The predicted molar refractivity (Wildman–Crippen MR) is 75.1 cm³/mol. The summed E-state index contributed by atoms with van der Waals surface area (Å²) in [4.78, 5) is 7.10. The third-order valence-corrected chi connectivity index (χ3v) is 4.87. The first kappa shape index (κ1) is 11.3. The van der Waals surface area contributed by atoms with Crippen LogP contribution in [0.5, 0.6) is 0 Å². The zero-order chi connectivity index (χ0) is 13.0. The van der Waals surface area contributed by atoms with Crippen LogP contribution < -0.4 is 4.90 Å². The van der Waals surface area contributed by atoms with Crippen molar-refractivity contribution in [3.63, 3.8) is 0 Å². The van der Waals surface area contributed by atoms with Gasteiger partial charge in [0.1, 0.15) is 0 Å². The third kappa shape index (κ3) is 1.59. The molecule has 3 atom stereocenters. The normalized spacial score (nSPS) is 30.2. The van der Waals surface area contributed by atoms with Crippen LogP contribution in [0, 0.1) is 11.8 Å². The maximum atomic E-state index is 10.0. The maximum absolute atomic E-state index is 10.0. The van der Waals surface area contributed by atoms with Crippen molar-refractivity contribution in [1.82, 2.24) is 9.55 Å². The summed E-state index contributed by atoms with van der Waals surface area (Å²) in [6, 6.07) is 8.25. The Bertz CT molecular complexity index is 621. The summed E-state index contributed by atoms with van der Waals surface area (Å²) < 4.78 is 2.17. The maximum Gasteiger partial charge on any atom is 0.206 e. The summed E-state index contributed by atoms with van der Waals surface area (Å²) in [5.74, 6) is 2.14. The summed E-state index contributed by atoms with van der Waals surface area (Å²) in [6.07, 6.45) is 2.03. The van der Waals surface area contributed by atoms with Gasteiger partial charge in [0.05, 0.1) is 17.1 Å². The largest absolute Gasteiger partial charge is 0.393 e. The van der Waals surface area contributed by atoms with Gasteiger partial charge in [-0.2, -0.15) is 0 Å². The lowest BCUT2D eigenvalue weighted by molar-refractivity contribution is 0.133. The van der Waals surface area contributed by atoms with E-state index >= 15 is 0 Å². The van der Waals surface area contributed by atoms with E-state index in [0.717, 1.165) is 37.4 Å². The highest BCUT2D eigenvalue weighted by atomic mass is 16.3. The van der Waals surface area contributed by atoms with Gasteiger partial charge in [0, 0.05) is 26.1 Å². The molecule has 2 aromatic rings. The summed E-state index contributed by atoms with van der Waals surface area (Å²) in [5, 5.41) is 10.0. The first-order chi connectivity index (χ1) is 9.24. The van der Waals surface area contributed by atoms with E-state index < -0.39 is 0 Å². The first-order valence-corrected chi connectivity index (χ1v) is 7.08. The highest BCUT2D eigenvalue weighted by Gasteiger charge is 2.42. The Kier molecular flexibility index (Phi) is 2.36. The molecule has 3 unspecified atom stereocenters. The van der Waals surface area contributed by atoms with Crippen molar-refractivity contribution in [1.29, 1.82) is 0 Å². The topological polar surface area (TPSA) is 41.3 Å². The fourth-order valence-corrected chi connectivity index (χ4v) is 3.82. The standard InChI is InChI=1S/C15H19N3O/c1-17-13-5-3-2-4-12(13)16-15(17)18-8-10-6-7-14(19)11(10)9-18/h2-5,10-11,14,19H,6-9H2,1H3. The average molecular weight is 257 g/mol. The van der Waals surface area contributed by atoms with Crippen molar-refractivity contribution in [3.8, 4) is 0 Å². The number of hydrogen-bond acceptors (Lipinski definition) is 3. The highest BCUT2D eigenvalue weighted by Crippen LogP contribution is 2.39. The molecular formula is C15H19N3O.